The van der Waals surface area contributed by atoms with E-state index in [-0.39, 0.29) is 0 Å². The lowest BCUT2D eigenvalue weighted by Crippen LogP contribution is -1.93. The van der Waals surface area contributed by atoms with Crippen molar-refractivity contribution in [3.63, 3.8) is 0 Å². The van der Waals surface area contributed by atoms with Crippen LogP contribution in [0.2, 0.25) is 0 Å². The van der Waals surface area contributed by atoms with Gasteiger partial charge in [0.1, 0.15) is 0 Å². The van der Waals surface area contributed by atoms with E-state index in [0.29, 0.717) is 6.42 Å². The van der Waals surface area contributed by atoms with Crippen molar-refractivity contribution in [2.75, 3.05) is 0 Å². The molecule has 0 saturated carbocycles. The standard InChI is InChI=1S/C15H15N3/c1-3-4-8-13(2)11-14-12-18(17-16-14)15-9-6-5-7-10-15/h3-10,12H,1-2,11H2/b8-4-. The molecule has 0 aliphatic rings. The van der Waals surface area contributed by atoms with E-state index < -0.39 is 0 Å². The highest BCUT2D eigenvalue weighted by atomic mass is 15.4. The largest absolute Gasteiger partial charge is 0.220 e. The molecule has 0 fully saturated rings. The Kier molecular flexibility index (Phi) is 3.86. The van der Waals surface area contributed by atoms with Gasteiger partial charge in [0.05, 0.1) is 17.6 Å². The van der Waals surface area contributed by atoms with E-state index in [9.17, 15) is 0 Å². The number of allylic oxidation sites excluding steroid dienone is 4. The number of para-hydroxylation sites is 1. The van der Waals surface area contributed by atoms with E-state index in [2.05, 4.69) is 23.5 Å². The van der Waals surface area contributed by atoms with Gasteiger partial charge in [-0.3, -0.25) is 0 Å². The number of aromatic nitrogens is 3. The number of benzene rings is 1. The molecule has 1 aromatic heterocycles. The van der Waals surface area contributed by atoms with Crippen LogP contribution in [0, 0.1) is 0 Å². The maximum atomic E-state index is 4.13. The fourth-order valence-electron chi connectivity index (χ4n) is 1.58. The Labute approximate surface area is 107 Å². The summed E-state index contributed by atoms with van der Waals surface area (Å²) < 4.78 is 1.76. The molecule has 0 unspecified atom stereocenters. The van der Waals surface area contributed by atoms with E-state index >= 15 is 0 Å². The zero-order chi connectivity index (χ0) is 12.8. The van der Waals surface area contributed by atoms with Crippen LogP contribution < -0.4 is 0 Å². The molecule has 90 valence electrons. The van der Waals surface area contributed by atoms with Crippen LogP contribution in [0.5, 0.6) is 0 Å². The van der Waals surface area contributed by atoms with Crippen molar-refractivity contribution in [2.24, 2.45) is 0 Å². The van der Waals surface area contributed by atoms with Crippen LogP contribution in [0.15, 0.2) is 73.5 Å². The highest BCUT2D eigenvalue weighted by Gasteiger charge is 2.02. The van der Waals surface area contributed by atoms with Gasteiger partial charge < -0.3 is 0 Å². The molecule has 0 aliphatic carbocycles. The van der Waals surface area contributed by atoms with Gasteiger partial charge in [-0.05, 0) is 17.7 Å². The molecular weight excluding hydrogens is 222 g/mol. The lowest BCUT2D eigenvalue weighted by Gasteiger charge is -1.97. The molecular formula is C15H15N3. The second kappa shape index (κ2) is 5.77. The Hall–Kier alpha value is -2.42. The molecule has 3 nitrogen and oxygen atoms in total. The zero-order valence-electron chi connectivity index (χ0n) is 10.2. The maximum absolute atomic E-state index is 4.13. The summed E-state index contributed by atoms with van der Waals surface area (Å²) in [6, 6.07) is 9.91. The molecule has 18 heavy (non-hydrogen) atoms. The first kappa shape index (κ1) is 12.0. The normalized spacial score (nSPS) is 10.7. The molecule has 3 heteroatoms. The summed E-state index contributed by atoms with van der Waals surface area (Å²) in [6.45, 7) is 7.58. The summed E-state index contributed by atoms with van der Waals surface area (Å²) >= 11 is 0. The summed E-state index contributed by atoms with van der Waals surface area (Å²) in [7, 11) is 0. The average Bonchev–Trinajstić information content (AvgIpc) is 2.86. The Bertz CT molecular complexity index is 564. The third-order valence-electron chi connectivity index (χ3n) is 2.44. The van der Waals surface area contributed by atoms with Crippen molar-refractivity contribution < 1.29 is 0 Å². The minimum absolute atomic E-state index is 0.692. The van der Waals surface area contributed by atoms with Crippen molar-refractivity contribution >= 4 is 0 Å². The van der Waals surface area contributed by atoms with Crippen LogP contribution >= 0.6 is 0 Å². The van der Waals surface area contributed by atoms with E-state index in [0.717, 1.165) is 17.0 Å². The maximum Gasteiger partial charge on any atom is 0.0875 e. The second-order valence-corrected chi connectivity index (χ2v) is 3.92. The summed E-state index contributed by atoms with van der Waals surface area (Å²) in [5.74, 6) is 0. The highest BCUT2D eigenvalue weighted by molar-refractivity contribution is 5.31. The first-order valence-electron chi connectivity index (χ1n) is 5.73. The third-order valence-corrected chi connectivity index (χ3v) is 2.44. The molecule has 0 radical (unpaired) electrons. The van der Waals surface area contributed by atoms with Crippen molar-refractivity contribution in [3.05, 3.63) is 79.2 Å². The molecule has 0 atom stereocenters. The Balaban J connectivity index is 2.09. The Morgan fingerprint density at radius 2 is 2.06 bits per heavy atom. The number of nitrogens with zero attached hydrogens (tertiary/aromatic N) is 3. The first-order chi connectivity index (χ1) is 8.79. The third kappa shape index (κ3) is 3.04. The Morgan fingerprint density at radius 3 is 2.78 bits per heavy atom. The van der Waals surface area contributed by atoms with Crippen molar-refractivity contribution in [1.82, 2.24) is 15.0 Å². The van der Waals surface area contributed by atoms with Crippen LogP contribution in [0.4, 0.5) is 0 Å². The SMILES string of the molecule is C=C/C=C\C(=C)Cc1cn(-c2ccccc2)nn1. The van der Waals surface area contributed by atoms with Crippen molar-refractivity contribution in [2.45, 2.75) is 6.42 Å². The van der Waals surface area contributed by atoms with Gasteiger partial charge in [-0.25, -0.2) is 4.68 Å². The van der Waals surface area contributed by atoms with Gasteiger partial charge in [0.15, 0.2) is 0 Å². The lowest BCUT2D eigenvalue weighted by atomic mass is 10.1. The van der Waals surface area contributed by atoms with E-state index in [1.165, 1.54) is 0 Å². The molecule has 2 rings (SSSR count). The molecule has 0 spiro atoms. The van der Waals surface area contributed by atoms with Gasteiger partial charge in [-0.2, -0.15) is 0 Å². The average molecular weight is 237 g/mol. The number of hydrogen-bond acceptors (Lipinski definition) is 2. The van der Waals surface area contributed by atoms with Crippen LogP contribution in [-0.4, -0.2) is 15.0 Å². The van der Waals surface area contributed by atoms with E-state index in [1.807, 2.05) is 48.7 Å². The van der Waals surface area contributed by atoms with E-state index in [1.54, 1.807) is 10.8 Å². The lowest BCUT2D eigenvalue weighted by molar-refractivity contribution is 0.799. The molecule has 0 N–H and O–H groups in total. The van der Waals surface area contributed by atoms with Crippen LogP contribution in [0.1, 0.15) is 5.69 Å². The fourth-order valence-corrected chi connectivity index (χ4v) is 1.58. The van der Waals surface area contributed by atoms with Crippen LogP contribution in [0.3, 0.4) is 0 Å². The van der Waals surface area contributed by atoms with E-state index in [4.69, 9.17) is 0 Å². The van der Waals surface area contributed by atoms with Gasteiger partial charge >= 0.3 is 0 Å². The molecule has 0 saturated heterocycles. The zero-order valence-corrected chi connectivity index (χ0v) is 10.2. The molecule has 0 bridgehead atoms. The van der Waals surface area contributed by atoms with Gasteiger partial charge in [0.25, 0.3) is 0 Å². The van der Waals surface area contributed by atoms with Crippen molar-refractivity contribution in [1.29, 1.82) is 0 Å². The molecule has 2 aromatic rings. The first-order valence-corrected chi connectivity index (χ1v) is 5.73. The van der Waals surface area contributed by atoms with Crippen molar-refractivity contribution in [3.8, 4) is 5.69 Å². The summed E-state index contributed by atoms with van der Waals surface area (Å²) in [4.78, 5) is 0. The number of hydrogen-bond donors (Lipinski definition) is 0. The summed E-state index contributed by atoms with van der Waals surface area (Å²) in [5.41, 5.74) is 2.89. The predicted octanol–water partition coefficient (Wildman–Crippen LogP) is 3.11. The highest BCUT2D eigenvalue weighted by Crippen LogP contribution is 2.09. The minimum atomic E-state index is 0.692. The minimum Gasteiger partial charge on any atom is -0.220 e. The van der Waals surface area contributed by atoms with Gasteiger partial charge in [-0.15, -0.1) is 5.10 Å². The smallest absolute Gasteiger partial charge is 0.0875 e. The fraction of sp³-hybridized carbons (Fsp3) is 0.0667. The van der Waals surface area contributed by atoms with Crippen LogP contribution in [0.25, 0.3) is 5.69 Å². The monoisotopic (exact) mass is 237 g/mol. The predicted molar refractivity (Wildman–Crippen MR) is 73.5 cm³/mol. The second-order valence-electron chi connectivity index (χ2n) is 3.92. The Morgan fingerprint density at radius 1 is 1.28 bits per heavy atom. The van der Waals surface area contributed by atoms with Gasteiger partial charge in [-0.1, -0.05) is 54.8 Å². The topological polar surface area (TPSA) is 30.7 Å². The molecule has 1 aromatic carbocycles. The quantitative estimate of drug-likeness (QED) is 0.748. The molecule has 1 heterocycles. The number of rotatable bonds is 5. The van der Waals surface area contributed by atoms with Crippen LogP contribution in [-0.2, 0) is 6.42 Å². The summed E-state index contributed by atoms with van der Waals surface area (Å²) in [6.07, 6.45) is 8.13. The van der Waals surface area contributed by atoms with Gasteiger partial charge in [0, 0.05) is 6.42 Å². The summed E-state index contributed by atoms with van der Waals surface area (Å²) in [5, 5.41) is 8.23. The molecule has 0 amide bonds. The molecule has 0 aliphatic heterocycles. The van der Waals surface area contributed by atoms with Gasteiger partial charge in [0.2, 0.25) is 0 Å².